The fraction of sp³-hybridized carbons (Fsp3) is 0.212. The topological polar surface area (TPSA) is 98.0 Å². The third-order valence-electron chi connectivity index (χ3n) is 6.63. The number of carbonyl (C=O) groups is 2. The summed E-state index contributed by atoms with van der Waals surface area (Å²) in [6, 6.07) is 20.9. The fourth-order valence-electron chi connectivity index (χ4n) is 4.67. The lowest BCUT2D eigenvalue weighted by Crippen LogP contribution is -2.10. The number of halogens is 1. The Morgan fingerprint density at radius 1 is 0.878 bits per heavy atom. The maximum absolute atomic E-state index is 11.7. The minimum Gasteiger partial charge on any atom is -0.490 e. The number of fused-ring (bicyclic) bond motifs is 1. The van der Waals surface area contributed by atoms with E-state index in [9.17, 15) is 14.7 Å². The van der Waals surface area contributed by atoms with Gasteiger partial charge in [0.25, 0.3) is 0 Å². The zero-order chi connectivity index (χ0) is 29.2. The van der Waals surface area contributed by atoms with Crippen molar-refractivity contribution in [3.63, 3.8) is 0 Å². The predicted molar refractivity (Wildman–Crippen MR) is 162 cm³/mol. The molecular formula is C33H32ClNO6. The summed E-state index contributed by atoms with van der Waals surface area (Å²) >= 11 is 6.08. The normalized spacial score (nSPS) is 11.5. The maximum atomic E-state index is 11.7. The maximum Gasteiger partial charge on any atom is 0.323 e. The first-order valence-electron chi connectivity index (χ1n) is 13.3. The minimum absolute atomic E-state index is 0.0681. The van der Waals surface area contributed by atoms with Crippen molar-refractivity contribution < 1.29 is 29.3 Å². The molecule has 0 unspecified atom stereocenters. The van der Waals surface area contributed by atoms with Crippen LogP contribution < -0.4 is 9.47 Å². The second kappa shape index (κ2) is 14.2. The number of aromatic nitrogens is 1. The summed E-state index contributed by atoms with van der Waals surface area (Å²) in [6.07, 6.45) is 8.83. The highest BCUT2D eigenvalue weighted by molar-refractivity contribution is 6.32. The zero-order valence-corrected chi connectivity index (χ0v) is 23.5. The number of nitrogens with zero attached hydrogens (tertiary/aromatic N) is 1. The fourth-order valence-corrected chi connectivity index (χ4v) is 4.86. The highest BCUT2D eigenvalue weighted by Crippen LogP contribution is 2.31. The van der Waals surface area contributed by atoms with Crippen molar-refractivity contribution in [2.24, 2.45) is 0 Å². The van der Waals surface area contributed by atoms with Gasteiger partial charge in [0, 0.05) is 17.5 Å². The van der Waals surface area contributed by atoms with Crippen LogP contribution in [-0.2, 0) is 22.6 Å². The molecule has 4 aromatic rings. The van der Waals surface area contributed by atoms with Gasteiger partial charge in [0.05, 0.1) is 10.5 Å². The van der Waals surface area contributed by atoms with E-state index >= 15 is 0 Å². The summed E-state index contributed by atoms with van der Waals surface area (Å²) in [6.45, 7) is 2.52. The summed E-state index contributed by atoms with van der Waals surface area (Å²) in [5.74, 6) is -0.397. The largest absolute Gasteiger partial charge is 0.490 e. The molecule has 0 aliphatic carbocycles. The van der Waals surface area contributed by atoms with E-state index in [0.29, 0.717) is 36.8 Å². The lowest BCUT2D eigenvalue weighted by atomic mass is 10.0. The van der Waals surface area contributed by atoms with Crippen LogP contribution in [0, 0.1) is 6.92 Å². The van der Waals surface area contributed by atoms with Crippen molar-refractivity contribution >= 4 is 46.6 Å². The number of carboxylic acid groups (broad SMARTS) is 2. The summed E-state index contributed by atoms with van der Waals surface area (Å²) in [4.78, 5) is 22.7. The molecule has 41 heavy (non-hydrogen) atoms. The molecule has 1 aromatic heterocycles. The number of ether oxygens (including phenoxy) is 2. The van der Waals surface area contributed by atoms with Gasteiger partial charge in [0.1, 0.15) is 31.3 Å². The van der Waals surface area contributed by atoms with E-state index < -0.39 is 11.9 Å². The number of aryl methyl sites for hydroxylation is 1. The number of benzene rings is 3. The molecule has 0 saturated heterocycles. The van der Waals surface area contributed by atoms with Gasteiger partial charge in [-0.1, -0.05) is 66.2 Å². The summed E-state index contributed by atoms with van der Waals surface area (Å²) in [5, 5.41) is 20.1. The molecule has 0 fully saturated rings. The van der Waals surface area contributed by atoms with Crippen molar-refractivity contribution in [2.75, 3.05) is 13.2 Å². The molecule has 0 aliphatic rings. The van der Waals surface area contributed by atoms with Crippen LogP contribution in [-0.4, -0.2) is 39.9 Å². The van der Waals surface area contributed by atoms with Crippen LogP contribution in [0.15, 0.2) is 78.9 Å². The van der Waals surface area contributed by atoms with E-state index in [0.717, 1.165) is 39.0 Å². The second-order valence-corrected chi connectivity index (χ2v) is 9.87. The minimum atomic E-state index is -0.931. The highest BCUT2D eigenvalue weighted by Gasteiger charge is 2.18. The lowest BCUT2D eigenvalue weighted by molar-refractivity contribution is -0.138. The van der Waals surface area contributed by atoms with Gasteiger partial charge in [-0.25, -0.2) is 0 Å². The van der Waals surface area contributed by atoms with Crippen molar-refractivity contribution in [3.8, 4) is 11.5 Å². The Morgan fingerprint density at radius 3 is 2.32 bits per heavy atom. The quantitative estimate of drug-likeness (QED) is 0.121. The first-order valence-corrected chi connectivity index (χ1v) is 13.7. The van der Waals surface area contributed by atoms with Crippen molar-refractivity contribution in [1.29, 1.82) is 0 Å². The number of hydrogen-bond acceptors (Lipinski definition) is 4. The van der Waals surface area contributed by atoms with E-state index in [1.807, 2.05) is 91.9 Å². The van der Waals surface area contributed by atoms with Crippen molar-refractivity contribution in [3.05, 3.63) is 106 Å². The second-order valence-electron chi connectivity index (χ2n) is 9.46. The molecule has 1 heterocycles. The third-order valence-corrected chi connectivity index (χ3v) is 6.95. The monoisotopic (exact) mass is 573 g/mol. The average molecular weight is 574 g/mol. The van der Waals surface area contributed by atoms with Crippen molar-refractivity contribution in [2.45, 2.75) is 32.7 Å². The van der Waals surface area contributed by atoms with E-state index in [1.54, 1.807) is 10.6 Å². The van der Waals surface area contributed by atoms with Gasteiger partial charge in [0.15, 0.2) is 0 Å². The number of aliphatic carboxylic acids is 2. The van der Waals surface area contributed by atoms with Crippen LogP contribution >= 0.6 is 11.6 Å². The van der Waals surface area contributed by atoms with Gasteiger partial charge < -0.3 is 24.3 Å². The molecule has 0 radical (unpaired) electrons. The Labute approximate surface area is 243 Å². The molecule has 2 N–H and O–H groups in total. The van der Waals surface area contributed by atoms with Crippen LogP contribution in [0.1, 0.15) is 35.2 Å². The molecule has 212 valence electrons. The molecule has 0 saturated carbocycles. The van der Waals surface area contributed by atoms with Gasteiger partial charge in [-0.05, 0) is 72.9 Å². The Bertz CT molecular complexity index is 1570. The molecule has 3 aromatic carbocycles. The predicted octanol–water partition coefficient (Wildman–Crippen LogP) is 7.28. The summed E-state index contributed by atoms with van der Waals surface area (Å²) in [5.41, 5.74) is 4.52. The van der Waals surface area contributed by atoms with Crippen LogP contribution in [0.4, 0.5) is 0 Å². The van der Waals surface area contributed by atoms with Crippen LogP contribution in [0.25, 0.3) is 23.1 Å². The molecular weight excluding hydrogens is 542 g/mol. The smallest absolute Gasteiger partial charge is 0.323 e. The molecule has 8 heteroatoms. The highest BCUT2D eigenvalue weighted by atomic mass is 35.5. The SMILES string of the molecule is Cc1c(CCCC(=O)O)c2cccc(C=Cc3ccc(OCC=CCOc4ccccc4Cl)cc3)c2n1CC(=O)O. The van der Waals surface area contributed by atoms with E-state index in [2.05, 4.69) is 0 Å². The van der Waals surface area contributed by atoms with Gasteiger partial charge >= 0.3 is 11.9 Å². The Hall–Kier alpha value is -4.49. The third kappa shape index (κ3) is 8.02. The molecule has 0 aliphatic heterocycles. The van der Waals surface area contributed by atoms with E-state index in [1.165, 1.54) is 0 Å². The molecule has 0 atom stereocenters. The Morgan fingerprint density at radius 2 is 1.61 bits per heavy atom. The van der Waals surface area contributed by atoms with E-state index in [4.69, 9.17) is 26.2 Å². The summed E-state index contributed by atoms with van der Waals surface area (Å²) in [7, 11) is 0. The van der Waals surface area contributed by atoms with Crippen LogP contribution in [0.2, 0.25) is 5.02 Å². The van der Waals surface area contributed by atoms with Crippen LogP contribution in [0.3, 0.4) is 0 Å². The molecule has 0 amide bonds. The molecule has 0 spiro atoms. The Kier molecular flexibility index (Phi) is 10.2. The van der Waals surface area contributed by atoms with Gasteiger partial charge in [-0.2, -0.15) is 0 Å². The number of carboxylic acids is 2. The summed E-state index contributed by atoms with van der Waals surface area (Å²) < 4.78 is 13.2. The first-order chi connectivity index (χ1) is 19.8. The van der Waals surface area contributed by atoms with E-state index in [-0.39, 0.29) is 13.0 Å². The van der Waals surface area contributed by atoms with Crippen molar-refractivity contribution in [1.82, 2.24) is 4.57 Å². The lowest BCUT2D eigenvalue weighted by Gasteiger charge is -2.08. The average Bonchev–Trinajstić information content (AvgIpc) is 3.21. The molecule has 4 rings (SSSR count). The first kappa shape index (κ1) is 29.5. The zero-order valence-electron chi connectivity index (χ0n) is 22.8. The Balaban J connectivity index is 1.41. The molecule has 7 nitrogen and oxygen atoms in total. The van der Waals surface area contributed by atoms with Gasteiger partial charge in [0.2, 0.25) is 0 Å². The number of rotatable bonds is 14. The standard InChI is InChI=1S/C33H32ClNO6/c1-23-27(9-7-13-31(36)37)28-10-6-8-25(33(28)35(23)22-32(38)39)17-14-24-15-18-26(19-16-24)40-20-4-5-21-41-30-12-3-2-11-29(30)34/h2-6,8,10-12,14-19H,7,9,13,20-22H2,1H3,(H,36,37)(H,38,39). The van der Waals surface area contributed by atoms with Crippen LogP contribution in [0.5, 0.6) is 11.5 Å². The molecule has 0 bridgehead atoms. The number of hydrogen-bond donors (Lipinski definition) is 2. The number of para-hydroxylation sites is 2. The van der Waals surface area contributed by atoms with Gasteiger partial charge in [-0.15, -0.1) is 0 Å². The van der Waals surface area contributed by atoms with Gasteiger partial charge in [-0.3, -0.25) is 9.59 Å².